The molecule has 0 radical (unpaired) electrons. The number of nitrogens with zero attached hydrogens (tertiary/aromatic N) is 3. The summed E-state index contributed by atoms with van der Waals surface area (Å²) in [5.74, 6) is 2.88. The summed E-state index contributed by atoms with van der Waals surface area (Å²) in [4.78, 5) is 22.7. The molecule has 0 aliphatic heterocycles. The van der Waals surface area contributed by atoms with Crippen molar-refractivity contribution in [2.24, 2.45) is 0 Å². The molecule has 8 heteroatoms. The van der Waals surface area contributed by atoms with E-state index in [1.54, 1.807) is 6.20 Å². The zero-order valence-corrected chi connectivity index (χ0v) is 20.0. The molecular formula is C27H33N7O. The van der Waals surface area contributed by atoms with Gasteiger partial charge in [0.25, 0.3) is 0 Å². The molecular weight excluding hydrogens is 438 g/mol. The van der Waals surface area contributed by atoms with Gasteiger partial charge in [-0.25, -0.2) is 9.97 Å². The summed E-state index contributed by atoms with van der Waals surface area (Å²) in [5.41, 5.74) is 3.31. The van der Waals surface area contributed by atoms with Gasteiger partial charge in [-0.1, -0.05) is 43.5 Å². The predicted octanol–water partition coefficient (Wildman–Crippen LogP) is 3.90. The van der Waals surface area contributed by atoms with Gasteiger partial charge < -0.3 is 10.6 Å². The molecule has 6 rings (SSSR count). The van der Waals surface area contributed by atoms with Crippen LogP contribution >= 0.6 is 0 Å². The molecule has 0 unspecified atom stereocenters. The second kappa shape index (κ2) is 9.41. The molecule has 8 nitrogen and oxygen atoms in total. The van der Waals surface area contributed by atoms with E-state index in [1.807, 2.05) is 6.07 Å². The van der Waals surface area contributed by atoms with E-state index in [4.69, 9.17) is 0 Å². The van der Waals surface area contributed by atoms with Crippen molar-refractivity contribution in [3.05, 3.63) is 65.2 Å². The van der Waals surface area contributed by atoms with Crippen molar-refractivity contribution in [1.29, 1.82) is 0 Å². The van der Waals surface area contributed by atoms with Crippen LogP contribution in [0.1, 0.15) is 73.5 Å². The number of H-pyrrole nitrogens is 1. The molecule has 2 heterocycles. The second-order valence-electron chi connectivity index (χ2n) is 10.3. The number of anilines is 2. The quantitative estimate of drug-likeness (QED) is 0.397. The zero-order chi connectivity index (χ0) is 23.7. The lowest BCUT2D eigenvalue weighted by atomic mass is 9.80. The molecule has 3 aliphatic rings. The maximum atomic E-state index is 13.6. The molecule has 2 saturated carbocycles. The minimum atomic E-state index is -0.568. The van der Waals surface area contributed by atoms with Crippen LogP contribution in [0.2, 0.25) is 0 Å². The molecule has 2 aromatic heterocycles. The van der Waals surface area contributed by atoms with E-state index in [9.17, 15) is 4.79 Å². The van der Waals surface area contributed by atoms with Gasteiger partial charge in [-0.3, -0.25) is 15.2 Å². The number of hydrogen-bond donors (Lipinski definition) is 4. The minimum absolute atomic E-state index is 0.119. The van der Waals surface area contributed by atoms with Gasteiger partial charge in [0, 0.05) is 29.9 Å². The van der Waals surface area contributed by atoms with Gasteiger partial charge in [0.05, 0.1) is 12.1 Å². The van der Waals surface area contributed by atoms with Crippen molar-refractivity contribution in [3.8, 4) is 0 Å². The Morgan fingerprint density at radius 1 is 1.03 bits per heavy atom. The topological polar surface area (TPSA) is 108 Å². The number of aromatic nitrogens is 4. The number of carbonyl (C=O) groups is 1. The number of carbonyl (C=O) groups excluding carboxylic acids is 1. The van der Waals surface area contributed by atoms with Crippen LogP contribution < -0.4 is 16.0 Å². The van der Waals surface area contributed by atoms with Gasteiger partial charge in [0.2, 0.25) is 5.91 Å². The number of fused-ring (bicyclic) bond motifs is 1. The summed E-state index contributed by atoms with van der Waals surface area (Å²) in [6, 6.07) is 12.6. The summed E-state index contributed by atoms with van der Waals surface area (Å²) in [6.45, 7) is 0.446. The Bertz CT molecular complexity index is 1170. The molecule has 1 aromatic carbocycles. The number of nitrogens with one attached hydrogen (secondary N) is 4. The third kappa shape index (κ3) is 4.93. The minimum Gasteiger partial charge on any atom is -0.351 e. The summed E-state index contributed by atoms with van der Waals surface area (Å²) in [7, 11) is 0. The van der Waals surface area contributed by atoms with Crippen LogP contribution in [0.4, 0.5) is 11.6 Å². The average molecular weight is 472 g/mol. The molecule has 2 fully saturated rings. The standard InChI is InChI=1S/C27H33N7O/c35-26(30-21-14-19-6-2-3-7-20(19)15-21)27(11-4-1-5-12-27)29-17-25-28-13-10-23(32-25)31-24-16-22(33-34-24)18-8-9-18/h2-3,6-7,10,13,16,18,21,29H,1,4-5,8-9,11-12,14-15,17H2,(H,30,35)(H2,28,31,32,33,34). The molecule has 4 N–H and O–H groups in total. The van der Waals surface area contributed by atoms with E-state index in [2.05, 4.69) is 66.4 Å². The van der Waals surface area contributed by atoms with Gasteiger partial charge in [-0.2, -0.15) is 5.10 Å². The number of rotatable bonds is 8. The summed E-state index contributed by atoms with van der Waals surface area (Å²) < 4.78 is 0. The van der Waals surface area contributed by atoms with Gasteiger partial charge in [0.15, 0.2) is 5.82 Å². The molecule has 182 valence electrons. The first-order valence-electron chi connectivity index (χ1n) is 12.9. The lowest BCUT2D eigenvalue weighted by molar-refractivity contribution is -0.129. The fourth-order valence-corrected chi connectivity index (χ4v) is 5.56. The van der Waals surface area contributed by atoms with E-state index in [-0.39, 0.29) is 11.9 Å². The molecule has 0 atom stereocenters. The molecule has 1 amide bonds. The Hall–Kier alpha value is -3.26. The maximum absolute atomic E-state index is 13.6. The third-order valence-corrected chi connectivity index (χ3v) is 7.69. The van der Waals surface area contributed by atoms with Crippen LogP contribution in [0.25, 0.3) is 0 Å². The molecule has 0 spiro atoms. The molecule has 3 aromatic rings. The Kier molecular flexibility index (Phi) is 5.98. The van der Waals surface area contributed by atoms with E-state index < -0.39 is 5.54 Å². The van der Waals surface area contributed by atoms with Crippen LogP contribution in [0.3, 0.4) is 0 Å². The van der Waals surface area contributed by atoms with Crippen molar-refractivity contribution in [2.75, 3.05) is 5.32 Å². The maximum Gasteiger partial charge on any atom is 0.240 e. The lowest BCUT2D eigenvalue weighted by Gasteiger charge is -2.37. The SMILES string of the molecule is O=C(NC1Cc2ccccc2C1)C1(NCc2nccc(Nc3cc(C4CC4)[nH]n3)n2)CCCCC1. The van der Waals surface area contributed by atoms with E-state index in [1.165, 1.54) is 36.1 Å². The van der Waals surface area contributed by atoms with Crippen LogP contribution in [0, 0.1) is 0 Å². The average Bonchev–Trinajstić information content (AvgIpc) is 3.49. The van der Waals surface area contributed by atoms with Gasteiger partial charge >= 0.3 is 0 Å². The summed E-state index contributed by atoms with van der Waals surface area (Å²) in [6.07, 6.45) is 11.0. The first kappa shape index (κ1) is 22.2. The lowest BCUT2D eigenvalue weighted by Crippen LogP contribution is -2.59. The number of benzene rings is 1. The highest BCUT2D eigenvalue weighted by molar-refractivity contribution is 5.86. The van der Waals surface area contributed by atoms with Gasteiger partial charge in [-0.15, -0.1) is 0 Å². The van der Waals surface area contributed by atoms with Crippen LogP contribution in [0.5, 0.6) is 0 Å². The third-order valence-electron chi connectivity index (χ3n) is 7.69. The van der Waals surface area contributed by atoms with E-state index >= 15 is 0 Å². The van der Waals surface area contributed by atoms with E-state index in [0.717, 1.165) is 44.3 Å². The number of hydrogen-bond acceptors (Lipinski definition) is 6. The fraction of sp³-hybridized carbons (Fsp3) is 0.481. The fourth-order valence-electron chi connectivity index (χ4n) is 5.56. The van der Waals surface area contributed by atoms with Crippen molar-refractivity contribution >= 4 is 17.5 Å². The smallest absolute Gasteiger partial charge is 0.240 e. The Morgan fingerprint density at radius 2 is 1.80 bits per heavy atom. The van der Waals surface area contributed by atoms with Crippen LogP contribution in [0.15, 0.2) is 42.6 Å². The van der Waals surface area contributed by atoms with Crippen LogP contribution in [-0.2, 0) is 24.2 Å². The Morgan fingerprint density at radius 3 is 2.54 bits per heavy atom. The molecule has 0 bridgehead atoms. The van der Waals surface area contributed by atoms with Crippen LogP contribution in [-0.4, -0.2) is 37.7 Å². The number of amides is 1. The molecule has 3 aliphatic carbocycles. The normalized spacial score (nSPS) is 19.3. The van der Waals surface area contributed by atoms with Crippen molar-refractivity contribution in [2.45, 2.75) is 81.8 Å². The monoisotopic (exact) mass is 471 g/mol. The van der Waals surface area contributed by atoms with Crippen molar-refractivity contribution in [1.82, 2.24) is 30.8 Å². The Labute approximate surface area is 205 Å². The predicted molar refractivity (Wildman–Crippen MR) is 134 cm³/mol. The first-order chi connectivity index (χ1) is 17.2. The molecule has 35 heavy (non-hydrogen) atoms. The van der Waals surface area contributed by atoms with Crippen molar-refractivity contribution < 1.29 is 4.79 Å². The summed E-state index contributed by atoms with van der Waals surface area (Å²) >= 11 is 0. The number of aromatic amines is 1. The van der Waals surface area contributed by atoms with E-state index in [0.29, 0.717) is 24.1 Å². The highest BCUT2D eigenvalue weighted by atomic mass is 16.2. The summed E-state index contributed by atoms with van der Waals surface area (Å²) in [5, 5.41) is 17.7. The highest BCUT2D eigenvalue weighted by Gasteiger charge is 2.40. The largest absolute Gasteiger partial charge is 0.351 e. The second-order valence-corrected chi connectivity index (χ2v) is 10.3. The van der Waals surface area contributed by atoms with Crippen molar-refractivity contribution in [3.63, 3.8) is 0 Å². The van der Waals surface area contributed by atoms with Gasteiger partial charge in [0.1, 0.15) is 11.6 Å². The Balaban J connectivity index is 1.10. The molecule has 0 saturated heterocycles. The zero-order valence-electron chi connectivity index (χ0n) is 20.0. The van der Waals surface area contributed by atoms with Gasteiger partial charge in [-0.05, 0) is 55.7 Å². The highest BCUT2D eigenvalue weighted by Crippen LogP contribution is 2.39. The first-order valence-corrected chi connectivity index (χ1v) is 12.9.